The lowest BCUT2D eigenvalue weighted by atomic mass is 9.95. The van der Waals surface area contributed by atoms with Crippen LogP contribution < -0.4 is 14.2 Å². The Labute approximate surface area is 227 Å². The second-order valence-electron chi connectivity index (χ2n) is 9.82. The molecular formula is C26H31Cl2FN2O5S. The maximum Gasteiger partial charge on any atom is 0.267 e. The highest BCUT2D eigenvalue weighted by Gasteiger charge is 2.31. The van der Waals surface area contributed by atoms with E-state index >= 15 is 0 Å². The number of rotatable bonds is 9. The second kappa shape index (κ2) is 11.4. The number of amides is 1. The Kier molecular flexibility index (Phi) is 8.58. The van der Waals surface area contributed by atoms with Crippen molar-refractivity contribution in [3.63, 3.8) is 0 Å². The van der Waals surface area contributed by atoms with Crippen LogP contribution in [-0.2, 0) is 10.0 Å². The van der Waals surface area contributed by atoms with E-state index in [0.717, 1.165) is 56.2 Å². The highest BCUT2D eigenvalue weighted by atomic mass is 35.5. The summed E-state index contributed by atoms with van der Waals surface area (Å²) in [6.07, 6.45) is 4.49. The average Bonchev–Trinajstić information content (AvgIpc) is 3.66. The van der Waals surface area contributed by atoms with Crippen LogP contribution in [0.2, 0.25) is 10.0 Å². The van der Waals surface area contributed by atoms with Crippen LogP contribution in [-0.4, -0.2) is 52.3 Å². The minimum Gasteiger partial charge on any atom is -0.495 e. The lowest BCUT2D eigenvalue weighted by Crippen LogP contribution is -2.37. The molecule has 11 heteroatoms. The SMILES string of the molecule is COc1c(Cl)cc(Cl)cc1[C@H](C)N1CCC(COc2cc(F)c(C(=O)NS(C)(=O)=O)cc2C2CC2)CC1. The van der Waals surface area contributed by atoms with Crippen LogP contribution in [0.3, 0.4) is 0 Å². The van der Waals surface area contributed by atoms with Crippen molar-refractivity contribution in [2.75, 3.05) is 33.1 Å². The van der Waals surface area contributed by atoms with Crippen molar-refractivity contribution in [1.29, 1.82) is 0 Å². The summed E-state index contributed by atoms with van der Waals surface area (Å²) >= 11 is 12.6. The fourth-order valence-corrected chi connectivity index (χ4v) is 5.86. The van der Waals surface area contributed by atoms with Crippen LogP contribution in [0.1, 0.15) is 66.1 Å². The Morgan fingerprint density at radius 2 is 1.84 bits per heavy atom. The molecule has 0 spiro atoms. The Balaban J connectivity index is 1.39. The smallest absolute Gasteiger partial charge is 0.267 e. The summed E-state index contributed by atoms with van der Waals surface area (Å²) in [5.74, 6) is -0.262. The van der Waals surface area contributed by atoms with Gasteiger partial charge in [-0.15, -0.1) is 0 Å². The van der Waals surface area contributed by atoms with Gasteiger partial charge in [0, 0.05) is 22.7 Å². The number of ether oxygens (including phenoxy) is 2. The molecule has 0 bridgehead atoms. The summed E-state index contributed by atoms with van der Waals surface area (Å²) in [5, 5.41) is 1.05. The van der Waals surface area contributed by atoms with E-state index in [9.17, 15) is 17.6 Å². The molecule has 4 rings (SSSR count). The van der Waals surface area contributed by atoms with E-state index in [2.05, 4.69) is 11.8 Å². The first-order chi connectivity index (χ1) is 17.5. The number of benzene rings is 2. The van der Waals surface area contributed by atoms with Gasteiger partial charge in [0.2, 0.25) is 10.0 Å². The van der Waals surface area contributed by atoms with Crippen molar-refractivity contribution in [1.82, 2.24) is 9.62 Å². The largest absolute Gasteiger partial charge is 0.495 e. The van der Waals surface area contributed by atoms with Crippen molar-refractivity contribution in [3.05, 3.63) is 56.8 Å². The molecule has 0 aromatic heterocycles. The molecule has 1 N–H and O–H groups in total. The Morgan fingerprint density at radius 3 is 2.43 bits per heavy atom. The summed E-state index contributed by atoms with van der Waals surface area (Å²) in [4.78, 5) is 14.6. The average molecular weight is 574 g/mol. The minimum atomic E-state index is -3.80. The number of methoxy groups -OCH3 is 1. The summed E-state index contributed by atoms with van der Waals surface area (Å²) in [6, 6.07) is 6.26. The third-order valence-electron chi connectivity index (χ3n) is 7.00. The molecule has 7 nitrogen and oxygen atoms in total. The van der Waals surface area contributed by atoms with Gasteiger partial charge in [0.15, 0.2) is 0 Å². The molecule has 2 fully saturated rings. The number of hydrogen-bond donors (Lipinski definition) is 1. The first-order valence-electron chi connectivity index (χ1n) is 12.2. The van der Waals surface area contributed by atoms with Crippen LogP contribution in [0.15, 0.2) is 24.3 Å². The van der Waals surface area contributed by atoms with E-state index < -0.39 is 21.7 Å². The second-order valence-corrected chi connectivity index (χ2v) is 12.4. The highest BCUT2D eigenvalue weighted by molar-refractivity contribution is 7.89. The number of hydrogen-bond acceptors (Lipinski definition) is 6. The van der Waals surface area contributed by atoms with Gasteiger partial charge in [0.05, 0.1) is 30.6 Å². The molecule has 1 aliphatic carbocycles. The number of likely N-dealkylation sites (tertiary alicyclic amines) is 1. The molecule has 1 amide bonds. The molecule has 1 aliphatic heterocycles. The monoisotopic (exact) mass is 572 g/mol. The van der Waals surface area contributed by atoms with E-state index in [0.29, 0.717) is 28.2 Å². The topological polar surface area (TPSA) is 84.9 Å². The number of halogens is 3. The molecule has 37 heavy (non-hydrogen) atoms. The summed E-state index contributed by atoms with van der Waals surface area (Å²) < 4.78 is 51.0. The van der Waals surface area contributed by atoms with E-state index in [1.165, 1.54) is 12.1 Å². The zero-order valence-corrected chi connectivity index (χ0v) is 23.4. The van der Waals surface area contributed by atoms with Crippen molar-refractivity contribution in [2.24, 2.45) is 5.92 Å². The van der Waals surface area contributed by atoms with E-state index in [4.69, 9.17) is 32.7 Å². The van der Waals surface area contributed by atoms with Crippen molar-refractivity contribution >= 4 is 39.1 Å². The number of nitrogens with one attached hydrogen (secondary N) is 1. The van der Waals surface area contributed by atoms with Gasteiger partial charge in [-0.3, -0.25) is 9.69 Å². The summed E-state index contributed by atoms with van der Waals surface area (Å²) in [6.45, 7) is 4.23. The lowest BCUT2D eigenvalue weighted by Gasteiger charge is -2.36. The van der Waals surface area contributed by atoms with Gasteiger partial charge in [0.25, 0.3) is 5.91 Å². The molecule has 0 unspecified atom stereocenters. The van der Waals surface area contributed by atoms with Crippen LogP contribution in [0.4, 0.5) is 4.39 Å². The van der Waals surface area contributed by atoms with E-state index in [1.807, 2.05) is 10.8 Å². The third-order valence-corrected chi connectivity index (χ3v) is 8.06. The van der Waals surface area contributed by atoms with Crippen LogP contribution in [0, 0.1) is 11.7 Å². The Morgan fingerprint density at radius 1 is 1.16 bits per heavy atom. The number of carbonyl (C=O) groups is 1. The molecule has 1 heterocycles. The first-order valence-corrected chi connectivity index (χ1v) is 14.9. The van der Waals surface area contributed by atoms with Crippen molar-refractivity contribution < 1.29 is 27.1 Å². The lowest BCUT2D eigenvalue weighted by molar-refractivity contribution is 0.0977. The predicted octanol–water partition coefficient (Wildman–Crippen LogP) is 5.56. The predicted molar refractivity (Wildman–Crippen MR) is 142 cm³/mol. The first kappa shape index (κ1) is 28.0. The number of piperidine rings is 1. The van der Waals surface area contributed by atoms with Crippen molar-refractivity contribution in [2.45, 2.75) is 44.6 Å². The standard InChI is InChI=1S/C26H31Cl2FN2O5S/c1-15(19-10-18(27)11-22(28)25(19)35-2)31-8-6-16(7-9-31)14-36-24-13-23(29)21(12-20(24)17-4-5-17)26(32)30-37(3,33)34/h10-13,15-17H,4-9,14H2,1-3H3,(H,30,32)/t15-/m0/s1. The molecule has 1 saturated carbocycles. The Hall–Kier alpha value is -2.07. The summed E-state index contributed by atoms with van der Waals surface area (Å²) in [7, 11) is -2.20. The molecular weight excluding hydrogens is 542 g/mol. The molecule has 2 aromatic carbocycles. The molecule has 2 aromatic rings. The van der Waals surface area contributed by atoms with Gasteiger partial charge in [-0.25, -0.2) is 17.5 Å². The molecule has 202 valence electrons. The molecule has 1 atom stereocenters. The molecule has 0 radical (unpaired) electrons. The van der Waals surface area contributed by atoms with E-state index in [1.54, 1.807) is 13.2 Å². The molecule has 2 aliphatic rings. The van der Waals surface area contributed by atoms with E-state index in [-0.39, 0.29) is 23.4 Å². The zero-order chi connectivity index (χ0) is 26.9. The maximum absolute atomic E-state index is 14.8. The zero-order valence-electron chi connectivity index (χ0n) is 21.0. The normalized spacial score (nSPS) is 17.9. The highest BCUT2D eigenvalue weighted by Crippen LogP contribution is 2.45. The summed E-state index contributed by atoms with van der Waals surface area (Å²) in [5.41, 5.74) is 1.40. The minimum absolute atomic E-state index is 0.0641. The van der Waals surface area contributed by atoms with Gasteiger partial charge < -0.3 is 9.47 Å². The van der Waals surface area contributed by atoms with Crippen LogP contribution in [0.5, 0.6) is 11.5 Å². The molecule has 1 saturated heterocycles. The fraction of sp³-hybridized carbons (Fsp3) is 0.500. The number of nitrogens with zero attached hydrogens (tertiary/aromatic N) is 1. The van der Waals surface area contributed by atoms with Gasteiger partial charge >= 0.3 is 0 Å². The van der Waals surface area contributed by atoms with Gasteiger partial charge in [-0.2, -0.15) is 0 Å². The fourth-order valence-electron chi connectivity index (χ4n) is 4.82. The van der Waals surface area contributed by atoms with Gasteiger partial charge in [-0.05, 0) is 81.3 Å². The maximum atomic E-state index is 14.8. The number of carbonyl (C=O) groups excluding carboxylic acids is 1. The third kappa shape index (κ3) is 6.88. The van der Waals surface area contributed by atoms with Crippen LogP contribution >= 0.6 is 23.2 Å². The Bertz CT molecular complexity index is 1280. The van der Waals surface area contributed by atoms with Crippen LogP contribution in [0.25, 0.3) is 0 Å². The van der Waals surface area contributed by atoms with Crippen molar-refractivity contribution in [3.8, 4) is 11.5 Å². The van der Waals surface area contributed by atoms with Gasteiger partial charge in [0.1, 0.15) is 17.3 Å². The van der Waals surface area contributed by atoms with Gasteiger partial charge in [-0.1, -0.05) is 23.2 Å². The number of sulfonamides is 1. The quantitative estimate of drug-likeness (QED) is 0.423.